The highest BCUT2D eigenvalue weighted by Crippen LogP contribution is 2.03. The Morgan fingerprint density at radius 1 is 0.964 bits per heavy atom. The number of carbonyl (C=O) groups excluding carboxylic acids is 3. The summed E-state index contributed by atoms with van der Waals surface area (Å²) in [6.45, 7) is 0.107. The Morgan fingerprint density at radius 3 is 2.32 bits per heavy atom. The van der Waals surface area contributed by atoms with Crippen LogP contribution in [0.1, 0.15) is 31.2 Å². The van der Waals surface area contributed by atoms with Crippen LogP contribution in [0.3, 0.4) is 0 Å². The van der Waals surface area contributed by atoms with Gasteiger partial charge in [-0.2, -0.15) is 0 Å². The molecule has 0 fully saturated rings. The van der Waals surface area contributed by atoms with Crippen LogP contribution in [0.25, 0.3) is 0 Å². The molecule has 0 spiro atoms. The Balaban J connectivity index is 2.25. The Bertz CT molecular complexity index is 597. The van der Waals surface area contributed by atoms with E-state index in [4.69, 9.17) is 11.0 Å². The van der Waals surface area contributed by atoms with Crippen molar-refractivity contribution in [2.45, 2.75) is 38.1 Å². The van der Waals surface area contributed by atoms with E-state index in [0.29, 0.717) is 19.4 Å². The standard InChI is InChI=1S/C19H30N4O5/c20-10-6-2-5-9-17(24)21-12-18(25)22-13-19(26)23-16(14-28-27)11-15-7-3-1-4-8-15/h1,3-4,7-8,16,27H,2,5-6,9-14,20H2,(H,21,24)(H,22,25)(H,23,26). The number of rotatable bonds is 14. The molecule has 28 heavy (non-hydrogen) atoms. The molecule has 0 radical (unpaired) electrons. The van der Waals surface area contributed by atoms with Crippen molar-refractivity contribution in [1.29, 1.82) is 0 Å². The molecule has 0 bridgehead atoms. The minimum absolute atomic E-state index is 0.0746. The maximum atomic E-state index is 12.0. The molecule has 0 heterocycles. The van der Waals surface area contributed by atoms with Crippen LogP contribution in [-0.2, 0) is 25.7 Å². The summed E-state index contributed by atoms with van der Waals surface area (Å²) in [6, 6.07) is 8.99. The van der Waals surface area contributed by atoms with Crippen LogP contribution in [0.5, 0.6) is 0 Å². The van der Waals surface area contributed by atoms with Gasteiger partial charge >= 0.3 is 0 Å². The lowest BCUT2D eigenvalue weighted by Gasteiger charge is -2.17. The Kier molecular flexibility index (Phi) is 12.2. The van der Waals surface area contributed by atoms with Crippen LogP contribution >= 0.6 is 0 Å². The molecule has 9 heteroatoms. The number of amides is 3. The summed E-state index contributed by atoms with van der Waals surface area (Å²) >= 11 is 0. The summed E-state index contributed by atoms with van der Waals surface area (Å²) in [7, 11) is 0. The van der Waals surface area contributed by atoms with E-state index in [1.54, 1.807) is 0 Å². The molecule has 1 aromatic rings. The van der Waals surface area contributed by atoms with Crippen molar-refractivity contribution in [3.8, 4) is 0 Å². The summed E-state index contributed by atoms with van der Waals surface area (Å²) in [5.74, 6) is -1.08. The summed E-state index contributed by atoms with van der Waals surface area (Å²) in [4.78, 5) is 39.5. The predicted octanol–water partition coefficient (Wildman–Crippen LogP) is -0.0450. The van der Waals surface area contributed by atoms with Crippen LogP contribution in [0.4, 0.5) is 0 Å². The van der Waals surface area contributed by atoms with E-state index in [0.717, 1.165) is 24.8 Å². The molecule has 1 aromatic carbocycles. The molecular formula is C19H30N4O5. The van der Waals surface area contributed by atoms with Crippen molar-refractivity contribution in [3.05, 3.63) is 35.9 Å². The molecule has 0 aliphatic heterocycles. The highest BCUT2D eigenvalue weighted by Gasteiger charge is 2.14. The van der Waals surface area contributed by atoms with Gasteiger partial charge in [0, 0.05) is 6.42 Å². The second kappa shape index (κ2) is 14.6. The smallest absolute Gasteiger partial charge is 0.239 e. The Labute approximate surface area is 164 Å². The minimum atomic E-state index is -0.455. The van der Waals surface area contributed by atoms with Gasteiger partial charge in [-0.05, 0) is 31.4 Å². The number of hydrogen-bond acceptors (Lipinski definition) is 6. The van der Waals surface area contributed by atoms with Crippen molar-refractivity contribution in [2.75, 3.05) is 26.2 Å². The lowest BCUT2D eigenvalue weighted by atomic mass is 10.1. The molecule has 1 rings (SSSR count). The first-order valence-corrected chi connectivity index (χ1v) is 9.38. The number of nitrogens with one attached hydrogen (secondary N) is 3. The maximum Gasteiger partial charge on any atom is 0.239 e. The fourth-order valence-electron chi connectivity index (χ4n) is 2.53. The van der Waals surface area contributed by atoms with Crippen molar-refractivity contribution in [3.63, 3.8) is 0 Å². The molecular weight excluding hydrogens is 364 g/mol. The fraction of sp³-hybridized carbons (Fsp3) is 0.526. The van der Waals surface area contributed by atoms with Gasteiger partial charge in [0.05, 0.1) is 19.1 Å². The first-order valence-electron chi connectivity index (χ1n) is 9.38. The zero-order valence-electron chi connectivity index (χ0n) is 16.0. The van der Waals surface area contributed by atoms with Crippen molar-refractivity contribution >= 4 is 17.7 Å². The molecule has 0 saturated heterocycles. The van der Waals surface area contributed by atoms with Gasteiger partial charge in [0.1, 0.15) is 6.61 Å². The molecule has 0 saturated carbocycles. The molecule has 1 atom stereocenters. The zero-order chi connectivity index (χ0) is 20.6. The summed E-state index contributed by atoms with van der Waals surface area (Å²) in [5.41, 5.74) is 6.36. The average molecular weight is 394 g/mol. The third-order valence-corrected chi connectivity index (χ3v) is 3.97. The SMILES string of the molecule is NCCCCCC(=O)NCC(=O)NCC(=O)NC(COO)Cc1ccccc1. The number of carbonyl (C=O) groups is 3. The second-order valence-corrected chi connectivity index (χ2v) is 6.40. The van der Waals surface area contributed by atoms with Crippen molar-refractivity contribution in [1.82, 2.24) is 16.0 Å². The Hall–Kier alpha value is -2.49. The summed E-state index contributed by atoms with van der Waals surface area (Å²) in [6.07, 6.45) is 3.29. The fourth-order valence-corrected chi connectivity index (χ4v) is 2.53. The minimum Gasteiger partial charge on any atom is -0.349 e. The molecule has 0 aliphatic rings. The molecule has 0 aliphatic carbocycles. The van der Waals surface area contributed by atoms with Crippen LogP contribution < -0.4 is 21.7 Å². The highest BCUT2D eigenvalue weighted by atomic mass is 17.1. The van der Waals surface area contributed by atoms with Gasteiger partial charge in [-0.15, -0.1) is 0 Å². The van der Waals surface area contributed by atoms with E-state index in [1.807, 2.05) is 30.3 Å². The van der Waals surface area contributed by atoms with E-state index in [9.17, 15) is 14.4 Å². The van der Waals surface area contributed by atoms with E-state index < -0.39 is 17.9 Å². The van der Waals surface area contributed by atoms with Crippen LogP contribution in [0.2, 0.25) is 0 Å². The average Bonchev–Trinajstić information content (AvgIpc) is 2.69. The molecule has 156 valence electrons. The Morgan fingerprint density at radius 2 is 1.64 bits per heavy atom. The third kappa shape index (κ3) is 11.3. The van der Waals surface area contributed by atoms with Gasteiger partial charge < -0.3 is 21.7 Å². The first-order chi connectivity index (χ1) is 13.5. The van der Waals surface area contributed by atoms with Gasteiger partial charge in [0.2, 0.25) is 17.7 Å². The summed E-state index contributed by atoms with van der Waals surface area (Å²) in [5, 5.41) is 16.3. The lowest BCUT2D eigenvalue weighted by Crippen LogP contribution is -2.46. The molecule has 1 unspecified atom stereocenters. The maximum absolute atomic E-state index is 12.0. The molecule has 9 nitrogen and oxygen atoms in total. The summed E-state index contributed by atoms with van der Waals surface area (Å²) < 4.78 is 0. The van der Waals surface area contributed by atoms with Crippen molar-refractivity contribution in [2.24, 2.45) is 5.73 Å². The van der Waals surface area contributed by atoms with Gasteiger partial charge in [0.25, 0.3) is 0 Å². The van der Waals surface area contributed by atoms with Crippen LogP contribution in [0.15, 0.2) is 30.3 Å². The number of unbranched alkanes of at least 4 members (excludes halogenated alkanes) is 2. The molecule has 6 N–H and O–H groups in total. The molecule has 3 amide bonds. The lowest BCUT2D eigenvalue weighted by molar-refractivity contribution is -0.246. The van der Waals surface area contributed by atoms with E-state index in [2.05, 4.69) is 20.8 Å². The number of benzene rings is 1. The second-order valence-electron chi connectivity index (χ2n) is 6.40. The van der Waals surface area contributed by atoms with E-state index in [1.165, 1.54) is 0 Å². The van der Waals surface area contributed by atoms with Crippen LogP contribution in [-0.4, -0.2) is 55.3 Å². The third-order valence-electron chi connectivity index (χ3n) is 3.97. The first kappa shape index (κ1) is 23.5. The van der Waals surface area contributed by atoms with Crippen molar-refractivity contribution < 1.29 is 24.5 Å². The number of nitrogens with two attached hydrogens (primary N) is 1. The van der Waals surface area contributed by atoms with Gasteiger partial charge in [0.15, 0.2) is 0 Å². The van der Waals surface area contributed by atoms with E-state index >= 15 is 0 Å². The van der Waals surface area contributed by atoms with Gasteiger partial charge in [-0.3, -0.25) is 19.6 Å². The quantitative estimate of drug-likeness (QED) is 0.170. The monoisotopic (exact) mass is 394 g/mol. The van der Waals surface area contributed by atoms with Crippen LogP contribution in [0, 0.1) is 0 Å². The van der Waals surface area contributed by atoms with Gasteiger partial charge in [-0.25, -0.2) is 4.89 Å². The molecule has 0 aromatic heterocycles. The van der Waals surface area contributed by atoms with E-state index in [-0.39, 0.29) is 25.6 Å². The largest absolute Gasteiger partial charge is 0.349 e. The normalized spacial score (nSPS) is 11.5. The highest BCUT2D eigenvalue weighted by molar-refractivity contribution is 5.88. The number of hydrogen-bond donors (Lipinski definition) is 5. The van der Waals surface area contributed by atoms with Gasteiger partial charge in [-0.1, -0.05) is 36.8 Å². The zero-order valence-corrected chi connectivity index (χ0v) is 16.0. The predicted molar refractivity (Wildman–Crippen MR) is 104 cm³/mol. The topological polar surface area (TPSA) is 143 Å².